The van der Waals surface area contributed by atoms with Crippen molar-refractivity contribution in [1.82, 2.24) is 4.98 Å². The van der Waals surface area contributed by atoms with Gasteiger partial charge in [0.25, 0.3) is 10.2 Å². The van der Waals surface area contributed by atoms with Crippen LogP contribution >= 0.6 is 0 Å². The first-order valence-corrected chi connectivity index (χ1v) is 6.22. The zero-order valence-electron chi connectivity index (χ0n) is 8.60. The van der Waals surface area contributed by atoms with Gasteiger partial charge in [0, 0.05) is 6.42 Å². The third-order valence-corrected chi connectivity index (χ3v) is 2.51. The first-order chi connectivity index (χ1) is 7.48. The summed E-state index contributed by atoms with van der Waals surface area (Å²) < 4.78 is 29.2. The Morgan fingerprint density at radius 1 is 1.50 bits per heavy atom. The quantitative estimate of drug-likeness (QED) is 0.837. The molecule has 0 saturated carbocycles. The van der Waals surface area contributed by atoms with Crippen molar-refractivity contribution in [3.05, 3.63) is 24.1 Å². The van der Waals surface area contributed by atoms with Crippen molar-refractivity contribution in [3.8, 4) is 0 Å². The lowest BCUT2D eigenvalue weighted by molar-refractivity contribution is 0.538. The SMILES string of the molecule is CCc1nc2cc(NS(N)(=O)=O)ccc2o1. The van der Waals surface area contributed by atoms with Gasteiger partial charge in [0.2, 0.25) is 0 Å². The Balaban J connectivity index is 2.43. The van der Waals surface area contributed by atoms with Crippen LogP contribution in [0.1, 0.15) is 12.8 Å². The first kappa shape index (κ1) is 10.9. The molecule has 0 spiro atoms. The van der Waals surface area contributed by atoms with E-state index < -0.39 is 10.2 Å². The molecule has 1 aromatic heterocycles. The fraction of sp³-hybridized carbons (Fsp3) is 0.222. The van der Waals surface area contributed by atoms with Crippen LogP contribution in [0.15, 0.2) is 22.6 Å². The highest BCUT2D eigenvalue weighted by molar-refractivity contribution is 7.90. The van der Waals surface area contributed by atoms with E-state index in [2.05, 4.69) is 9.71 Å². The minimum atomic E-state index is -3.75. The number of nitrogens with zero attached hydrogens (tertiary/aromatic N) is 1. The fourth-order valence-electron chi connectivity index (χ4n) is 1.35. The average Bonchev–Trinajstić information content (AvgIpc) is 2.57. The summed E-state index contributed by atoms with van der Waals surface area (Å²) in [6.07, 6.45) is 0.687. The van der Waals surface area contributed by atoms with E-state index in [1.165, 1.54) is 0 Å². The van der Waals surface area contributed by atoms with Gasteiger partial charge in [-0.15, -0.1) is 0 Å². The molecule has 0 amide bonds. The highest BCUT2D eigenvalue weighted by atomic mass is 32.2. The smallest absolute Gasteiger partial charge is 0.296 e. The largest absolute Gasteiger partial charge is 0.441 e. The third-order valence-electron chi connectivity index (χ3n) is 1.99. The second-order valence-corrected chi connectivity index (χ2v) is 4.58. The molecular formula is C9H11N3O3S. The van der Waals surface area contributed by atoms with E-state index in [1.54, 1.807) is 18.2 Å². The van der Waals surface area contributed by atoms with Crippen LogP contribution in [0.25, 0.3) is 11.1 Å². The molecule has 3 N–H and O–H groups in total. The van der Waals surface area contributed by atoms with Crippen molar-refractivity contribution in [1.29, 1.82) is 0 Å². The van der Waals surface area contributed by atoms with E-state index in [-0.39, 0.29) is 0 Å². The summed E-state index contributed by atoms with van der Waals surface area (Å²) in [5.74, 6) is 0.614. The molecule has 1 heterocycles. The molecule has 0 aliphatic rings. The Labute approximate surface area is 92.6 Å². The van der Waals surface area contributed by atoms with Gasteiger partial charge in [-0.2, -0.15) is 8.42 Å². The summed E-state index contributed by atoms with van der Waals surface area (Å²) in [6, 6.07) is 4.79. The van der Waals surface area contributed by atoms with Crippen molar-refractivity contribution in [3.63, 3.8) is 0 Å². The predicted molar refractivity (Wildman–Crippen MR) is 60.1 cm³/mol. The maximum absolute atomic E-state index is 10.8. The molecule has 0 aliphatic heterocycles. The van der Waals surface area contributed by atoms with Gasteiger partial charge in [-0.1, -0.05) is 6.92 Å². The summed E-state index contributed by atoms with van der Waals surface area (Å²) in [5, 5.41) is 4.86. The van der Waals surface area contributed by atoms with Gasteiger partial charge in [0.15, 0.2) is 11.5 Å². The van der Waals surface area contributed by atoms with Crippen LogP contribution in [-0.2, 0) is 16.6 Å². The number of rotatable bonds is 3. The number of anilines is 1. The minimum absolute atomic E-state index is 0.367. The standard InChI is InChI=1S/C9H11N3O3S/c1-2-9-11-7-5-6(12-16(10,13)14)3-4-8(7)15-9/h3-5,12H,2H2,1H3,(H2,10,13,14). The molecule has 0 radical (unpaired) electrons. The molecule has 2 rings (SSSR count). The molecule has 7 heteroatoms. The van der Waals surface area contributed by atoms with Crippen LogP contribution in [0.5, 0.6) is 0 Å². The number of hydrogen-bond donors (Lipinski definition) is 2. The lowest BCUT2D eigenvalue weighted by Gasteiger charge is -2.01. The summed E-state index contributed by atoms with van der Waals surface area (Å²) in [7, 11) is -3.75. The molecule has 6 nitrogen and oxygen atoms in total. The number of aromatic nitrogens is 1. The Hall–Kier alpha value is -1.60. The molecule has 0 fully saturated rings. The third kappa shape index (κ3) is 2.31. The Morgan fingerprint density at radius 2 is 2.25 bits per heavy atom. The van der Waals surface area contributed by atoms with Crippen LogP contribution in [-0.4, -0.2) is 13.4 Å². The van der Waals surface area contributed by atoms with Crippen molar-refractivity contribution in [2.45, 2.75) is 13.3 Å². The topological polar surface area (TPSA) is 98.2 Å². The molecule has 86 valence electrons. The van der Waals surface area contributed by atoms with Crippen molar-refractivity contribution >= 4 is 27.0 Å². The van der Waals surface area contributed by atoms with Gasteiger partial charge in [-0.05, 0) is 18.2 Å². The van der Waals surface area contributed by atoms with Crippen LogP contribution < -0.4 is 9.86 Å². The second kappa shape index (κ2) is 3.76. The molecule has 1 aromatic carbocycles. The fourth-order valence-corrected chi connectivity index (χ4v) is 1.81. The average molecular weight is 241 g/mol. The minimum Gasteiger partial charge on any atom is -0.441 e. The molecule has 2 aromatic rings. The number of hydrogen-bond acceptors (Lipinski definition) is 4. The second-order valence-electron chi connectivity index (χ2n) is 3.29. The number of oxazole rings is 1. The van der Waals surface area contributed by atoms with Gasteiger partial charge in [0.1, 0.15) is 5.52 Å². The predicted octanol–water partition coefficient (Wildman–Crippen LogP) is 1.01. The lowest BCUT2D eigenvalue weighted by Crippen LogP contribution is -2.21. The summed E-state index contributed by atoms with van der Waals surface area (Å²) in [6.45, 7) is 1.92. The van der Waals surface area contributed by atoms with E-state index in [4.69, 9.17) is 9.56 Å². The normalized spacial score (nSPS) is 11.9. The van der Waals surface area contributed by atoms with Gasteiger partial charge in [-0.3, -0.25) is 4.72 Å². The van der Waals surface area contributed by atoms with E-state index in [0.29, 0.717) is 29.1 Å². The number of benzene rings is 1. The molecule has 0 bridgehead atoms. The number of aryl methyl sites for hydroxylation is 1. The number of nitrogens with one attached hydrogen (secondary N) is 1. The first-order valence-electron chi connectivity index (χ1n) is 4.68. The summed E-state index contributed by atoms with van der Waals surface area (Å²) in [5.41, 5.74) is 1.59. The molecule has 0 unspecified atom stereocenters. The Bertz CT molecular complexity index is 618. The molecule has 16 heavy (non-hydrogen) atoms. The van der Waals surface area contributed by atoms with E-state index in [1.807, 2.05) is 6.92 Å². The Kier molecular flexibility index (Phi) is 2.56. The van der Waals surface area contributed by atoms with Crippen molar-refractivity contribution in [2.24, 2.45) is 5.14 Å². The molecule has 0 aliphatic carbocycles. The Morgan fingerprint density at radius 3 is 2.88 bits per heavy atom. The van der Waals surface area contributed by atoms with Gasteiger partial charge in [0.05, 0.1) is 5.69 Å². The zero-order valence-corrected chi connectivity index (χ0v) is 9.41. The summed E-state index contributed by atoms with van der Waals surface area (Å²) >= 11 is 0. The van der Waals surface area contributed by atoms with Gasteiger partial charge in [-0.25, -0.2) is 10.1 Å². The van der Waals surface area contributed by atoms with Crippen LogP contribution in [0.4, 0.5) is 5.69 Å². The monoisotopic (exact) mass is 241 g/mol. The van der Waals surface area contributed by atoms with E-state index in [0.717, 1.165) is 0 Å². The number of nitrogens with two attached hydrogens (primary N) is 1. The highest BCUT2D eigenvalue weighted by Gasteiger charge is 2.07. The van der Waals surface area contributed by atoms with Crippen LogP contribution in [0.2, 0.25) is 0 Å². The van der Waals surface area contributed by atoms with Gasteiger partial charge < -0.3 is 4.42 Å². The van der Waals surface area contributed by atoms with E-state index >= 15 is 0 Å². The van der Waals surface area contributed by atoms with Crippen LogP contribution in [0, 0.1) is 0 Å². The maximum Gasteiger partial charge on any atom is 0.296 e. The van der Waals surface area contributed by atoms with Crippen molar-refractivity contribution < 1.29 is 12.8 Å². The van der Waals surface area contributed by atoms with Crippen LogP contribution in [0.3, 0.4) is 0 Å². The van der Waals surface area contributed by atoms with E-state index in [9.17, 15) is 8.42 Å². The maximum atomic E-state index is 10.8. The summed E-state index contributed by atoms with van der Waals surface area (Å²) in [4.78, 5) is 4.18. The number of fused-ring (bicyclic) bond motifs is 1. The zero-order chi connectivity index (χ0) is 11.8. The van der Waals surface area contributed by atoms with Gasteiger partial charge >= 0.3 is 0 Å². The molecule has 0 saturated heterocycles. The molecule has 0 atom stereocenters. The van der Waals surface area contributed by atoms with Crippen molar-refractivity contribution in [2.75, 3.05) is 4.72 Å². The molecular weight excluding hydrogens is 230 g/mol. The lowest BCUT2D eigenvalue weighted by atomic mass is 10.3. The highest BCUT2D eigenvalue weighted by Crippen LogP contribution is 2.20.